The number of halogens is 1. The van der Waals surface area contributed by atoms with Crippen LogP contribution in [0, 0.1) is 20.8 Å². The summed E-state index contributed by atoms with van der Waals surface area (Å²) in [6, 6.07) is 8.65. The monoisotopic (exact) mass is 444 g/mol. The predicted octanol–water partition coefficient (Wildman–Crippen LogP) is 3.59. The van der Waals surface area contributed by atoms with Gasteiger partial charge in [0.05, 0.1) is 12.2 Å². The third-order valence-corrected chi connectivity index (χ3v) is 4.60. The first-order chi connectivity index (χ1) is 10.6. The largest absolute Gasteiger partial charge is 0.356 e. The van der Waals surface area contributed by atoms with Crippen molar-refractivity contribution in [2.45, 2.75) is 33.7 Å². The summed E-state index contributed by atoms with van der Waals surface area (Å²) < 4.78 is 0. The molecular formula is C17H25IN4S. The SMILES string of the molecule is CN=C(NCCc1ccc(C)cc1)NCc1nc(C)c(C)s1.I. The summed E-state index contributed by atoms with van der Waals surface area (Å²) in [7, 11) is 1.79. The predicted molar refractivity (Wildman–Crippen MR) is 110 cm³/mol. The van der Waals surface area contributed by atoms with Gasteiger partial charge in [0.25, 0.3) is 0 Å². The second-order valence-corrected chi connectivity index (χ2v) is 6.63. The van der Waals surface area contributed by atoms with E-state index in [9.17, 15) is 0 Å². The Hall–Kier alpha value is -1.15. The Morgan fingerprint density at radius 1 is 1.13 bits per heavy atom. The van der Waals surface area contributed by atoms with E-state index in [0.29, 0.717) is 6.54 Å². The van der Waals surface area contributed by atoms with Crippen molar-refractivity contribution in [2.24, 2.45) is 4.99 Å². The number of thiazole rings is 1. The summed E-state index contributed by atoms with van der Waals surface area (Å²) in [6.07, 6.45) is 0.983. The number of nitrogens with zero attached hydrogens (tertiary/aromatic N) is 2. The fourth-order valence-corrected chi connectivity index (χ4v) is 2.95. The maximum absolute atomic E-state index is 4.53. The average Bonchev–Trinajstić information content (AvgIpc) is 2.83. The van der Waals surface area contributed by atoms with Crippen molar-refractivity contribution in [1.29, 1.82) is 0 Å². The minimum Gasteiger partial charge on any atom is -0.356 e. The summed E-state index contributed by atoms with van der Waals surface area (Å²) in [5.74, 6) is 0.817. The van der Waals surface area contributed by atoms with Crippen LogP contribution in [0.3, 0.4) is 0 Å². The Morgan fingerprint density at radius 2 is 1.83 bits per heavy atom. The summed E-state index contributed by atoms with van der Waals surface area (Å²) in [4.78, 5) is 10.1. The van der Waals surface area contributed by atoms with E-state index >= 15 is 0 Å². The summed E-state index contributed by atoms with van der Waals surface area (Å²) >= 11 is 1.73. The van der Waals surface area contributed by atoms with Gasteiger partial charge in [-0.3, -0.25) is 4.99 Å². The molecule has 0 saturated carbocycles. The first kappa shape index (κ1) is 19.9. The third-order valence-electron chi connectivity index (χ3n) is 3.53. The molecule has 0 unspecified atom stereocenters. The van der Waals surface area contributed by atoms with Crippen molar-refractivity contribution in [2.75, 3.05) is 13.6 Å². The fraction of sp³-hybridized carbons (Fsp3) is 0.412. The third kappa shape index (κ3) is 6.47. The molecule has 0 amide bonds. The molecule has 0 atom stereocenters. The van der Waals surface area contributed by atoms with Gasteiger partial charge in [0.1, 0.15) is 5.01 Å². The van der Waals surface area contributed by atoms with Gasteiger partial charge < -0.3 is 10.6 Å². The Balaban J connectivity index is 0.00000264. The van der Waals surface area contributed by atoms with E-state index in [4.69, 9.17) is 0 Å². The van der Waals surface area contributed by atoms with E-state index in [2.05, 4.69) is 58.7 Å². The van der Waals surface area contributed by atoms with Crippen molar-refractivity contribution in [1.82, 2.24) is 15.6 Å². The minimum atomic E-state index is 0. The van der Waals surface area contributed by atoms with Crippen molar-refractivity contribution in [3.63, 3.8) is 0 Å². The van der Waals surface area contributed by atoms with Crippen molar-refractivity contribution >= 4 is 41.3 Å². The molecule has 0 aliphatic rings. The molecule has 0 bridgehead atoms. The van der Waals surface area contributed by atoms with Gasteiger partial charge in [0.2, 0.25) is 0 Å². The van der Waals surface area contributed by atoms with Gasteiger partial charge >= 0.3 is 0 Å². The Morgan fingerprint density at radius 3 is 2.39 bits per heavy atom. The molecule has 126 valence electrons. The van der Waals surface area contributed by atoms with Gasteiger partial charge in [-0.25, -0.2) is 4.98 Å². The molecule has 2 N–H and O–H groups in total. The van der Waals surface area contributed by atoms with E-state index in [0.717, 1.165) is 29.6 Å². The van der Waals surface area contributed by atoms with E-state index < -0.39 is 0 Å². The molecule has 0 fully saturated rings. The Bertz CT molecular complexity index is 615. The van der Waals surface area contributed by atoms with Crippen molar-refractivity contribution < 1.29 is 0 Å². The van der Waals surface area contributed by atoms with E-state index in [-0.39, 0.29) is 24.0 Å². The lowest BCUT2D eigenvalue weighted by Gasteiger charge is -2.11. The van der Waals surface area contributed by atoms with Crippen LogP contribution >= 0.6 is 35.3 Å². The van der Waals surface area contributed by atoms with E-state index in [1.54, 1.807) is 18.4 Å². The highest BCUT2D eigenvalue weighted by Crippen LogP contribution is 2.15. The van der Waals surface area contributed by atoms with Crippen LogP contribution in [0.15, 0.2) is 29.3 Å². The molecule has 1 aromatic heterocycles. The first-order valence-electron chi connectivity index (χ1n) is 7.51. The van der Waals surface area contributed by atoms with Gasteiger partial charge in [0.15, 0.2) is 5.96 Å². The molecule has 1 heterocycles. The topological polar surface area (TPSA) is 49.3 Å². The number of aromatic nitrogens is 1. The van der Waals surface area contributed by atoms with Crippen LogP contribution in [0.2, 0.25) is 0 Å². The number of hydrogen-bond donors (Lipinski definition) is 2. The van der Waals surface area contributed by atoms with Gasteiger partial charge in [-0.2, -0.15) is 0 Å². The second kappa shape index (κ2) is 9.87. The molecular weight excluding hydrogens is 419 g/mol. The molecule has 0 radical (unpaired) electrons. The molecule has 23 heavy (non-hydrogen) atoms. The number of benzene rings is 1. The Kier molecular flexibility index (Phi) is 8.54. The molecule has 0 aliphatic heterocycles. The highest BCUT2D eigenvalue weighted by atomic mass is 127. The fourth-order valence-electron chi connectivity index (χ4n) is 2.07. The number of rotatable bonds is 5. The lowest BCUT2D eigenvalue weighted by Crippen LogP contribution is -2.37. The molecule has 0 spiro atoms. The van der Waals surface area contributed by atoms with Gasteiger partial charge in [-0.05, 0) is 32.8 Å². The van der Waals surface area contributed by atoms with Crippen LogP contribution in [0.4, 0.5) is 0 Å². The van der Waals surface area contributed by atoms with Crippen LogP contribution in [0.25, 0.3) is 0 Å². The molecule has 2 aromatic rings. The number of aliphatic imine (C=N–C) groups is 1. The quantitative estimate of drug-likeness (QED) is 0.421. The molecule has 1 aromatic carbocycles. The van der Waals surface area contributed by atoms with Crippen LogP contribution in [-0.2, 0) is 13.0 Å². The highest BCUT2D eigenvalue weighted by molar-refractivity contribution is 14.0. The van der Waals surface area contributed by atoms with Crippen LogP contribution in [-0.4, -0.2) is 24.5 Å². The first-order valence-corrected chi connectivity index (χ1v) is 8.33. The summed E-state index contributed by atoms with van der Waals surface area (Å²) in [5.41, 5.74) is 3.74. The maximum Gasteiger partial charge on any atom is 0.191 e. The van der Waals surface area contributed by atoms with Crippen LogP contribution < -0.4 is 10.6 Å². The standard InChI is InChI=1S/C17H24N4S.HI/c1-12-5-7-15(8-6-12)9-10-19-17(18-4)20-11-16-21-13(2)14(3)22-16;/h5-8H,9-11H2,1-4H3,(H2,18,19,20);1H. The maximum atomic E-state index is 4.53. The zero-order chi connectivity index (χ0) is 15.9. The Labute approximate surface area is 159 Å². The van der Waals surface area contributed by atoms with Crippen LogP contribution in [0.1, 0.15) is 26.7 Å². The smallest absolute Gasteiger partial charge is 0.191 e. The summed E-state index contributed by atoms with van der Waals surface area (Å²) in [6.45, 7) is 7.83. The summed E-state index contributed by atoms with van der Waals surface area (Å²) in [5, 5.41) is 7.74. The number of guanidine groups is 1. The lowest BCUT2D eigenvalue weighted by molar-refractivity contribution is 0.790. The van der Waals surface area contributed by atoms with Gasteiger partial charge in [0, 0.05) is 18.5 Å². The molecule has 6 heteroatoms. The van der Waals surface area contributed by atoms with Crippen molar-refractivity contribution in [3.8, 4) is 0 Å². The van der Waals surface area contributed by atoms with Crippen molar-refractivity contribution in [3.05, 3.63) is 51.0 Å². The highest BCUT2D eigenvalue weighted by Gasteiger charge is 2.04. The molecule has 4 nitrogen and oxygen atoms in total. The lowest BCUT2D eigenvalue weighted by atomic mass is 10.1. The van der Waals surface area contributed by atoms with E-state index in [1.807, 2.05) is 6.92 Å². The molecule has 0 aliphatic carbocycles. The minimum absolute atomic E-state index is 0. The normalized spacial score (nSPS) is 11.0. The second-order valence-electron chi connectivity index (χ2n) is 5.34. The average molecular weight is 444 g/mol. The number of aryl methyl sites for hydroxylation is 3. The zero-order valence-corrected chi connectivity index (χ0v) is 17.3. The van der Waals surface area contributed by atoms with Gasteiger partial charge in [-0.15, -0.1) is 35.3 Å². The zero-order valence-electron chi connectivity index (χ0n) is 14.1. The molecule has 0 saturated heterocycles. The van der Waals surface area contributed by atoms with Crippen LogP contribution in [0.5, 0.6) is 0 Å². The number of nitrogens with one attached hydrogen (secondary N) is 2. The van der Waals surface area contributed by atoms with E-state index in [1.165, 1.54) is 16.0 Å². The molecule has 2 rings (SSSR count). The number of hydrogen-bond acceptors (Lipinski definition) is 3. The van der Waals surface area contributed by atoms with Gasteiger partial charge in [-0.1, -0.05) is 29.8 Å².